The van der Waals surface area contributed by atoms with Crippen molar-refractivity contribution in [2.45, 2.75) is 53.1 Å². The van der Waals surface area contributed by atoms with E-state index in [-0.39, 0.29) is 24.8 Å². The van der Waals surface area contributed by atoms with Crippen molar-refractivity contribution in [3.05, 3.63) is 68.7 Å². The van der Waals surface area contributed by atoms with Crippen molar-refractivity contribution < 1.29 is 9.59 Å². The lowest BCUT2D eigenvalue weighted by molar-refractivity contribution is -0.140. The van der Waals surface area contributed by atoms with E-state index >= 15 is 0 Å². The van der Waals surface area contributed by atoms with E-state index in [1.165, 1.54) is 0 Å². The lowest BCUT2D eigenvalue weighted by Crippen LogP contribution is -2.48. The lowest BCUT2D eigenvalue weighted by atomic mass is 10.0. The van der Waals surface area contributed by atoms with Crippen LogP contribution in [-0.4, -0.2) is 29.3 Å². The van der Waals surface area contributed by atoms with Crippen molar-refractivity contribution >= 4 is 35.0 Å². The topological polar surface area (TPSA) is 49.4 Å². The smallest absolute Gasteiger partial charge is 0.242 e. The van der Waals surface area contributed by atoms with E-state index in [2.05, 4.69) is 11.4 Å². The molecule has 156 valence electrons. The SMILES string of the molecule is CCCNC(=O)[C@H](C)N(Cc1c(Cl)cccc1Cl)C(=O)Cc1cc(C)cc(C)c1. The highest BCUT2D eigenvalue weighted by Crippen LogP contribution is 2.27. The molecular weight excluding hydrogens is 407 g/mol. The van der Waals surface area contributed by atoms with Crippen molar-refractivity contribution in [3.8, 4) is 0 Å². The summed E-state index contributed by atoms with van der Waals surface area (Å²) in [6.07, 6.45) is 1.03. The second-order valence-corrected chi connectivity index (χ2v) is 8.18. The van der Waals surface area contributed by atoms with E-state index in [4.69, 9.17) is 23.2 Å². The molecule has 6 heteroatoms. The van der Waals surface area contributed by atoms with Crippen molar-refractivity contribution in [2.75, 3.05) is 6.54 Å². The van der Waals surface area contributed by atoms with Gasteiger partial charge in [-0.1, -0.05) is 65.5 Å². The number of amides is 2. The Bertz CT molecular complexity index is 843. The summed E-state index contributed by atoms with van der Waals surface area (Å²) in [5, 5.41) is 3.82. The molecule has 0 fully saturated rings. The van der Waals surface area contributed by atoms with Crippen LogP contribution in [0.15, 0.2) is 36.4 Å². The normalized spacial score (nSPS) is 11.8. The maximum atomic E-state index is 13.2. The number of hydrogen-bond donors (Lipinski definition) is 1. The summed E-state index contributed by atoms with van der Waals surface area (Å²) in [7, 11) is 0. The molecule has 0 aliphatic rings. The average molecular weight is 435 g/mol. The largest absolute Gasteiger partial charge is 0.354 e. The fourth-order valence-corrected chi connectivity index (χ4v) is 3.80. The summed E-state index contributed by atoms with van der Waals surface area (Å²) in [6.45, 7) is 8.46. The summed E-state index contributed by atoms with van der Waals surface area (Å²) < 4.78 is 0. The van der Waals surface area contributed by atoms with Gasteiger partial charge in [0, 0.05) is 28.7 Å². The Balaban J connectivity index is 2.32. The Kier molecular flexibility index (Phi) is 8.54. The molecule has 0 aliphatic carbocycles. The molecule has 0 aliphatic heterocycles. The van der Waals surface area contributed by atoms with Crippen LogP contribution in [0.3, 0.4) is 0 Å². The number of halogens is 2. The van der Waals surface area contributed by atoms with E-state index in [9.17, 15) is 9.59 Å². The number of hydrogen-bond acceptors (Lipinski definition) is 2. The predicted molar refractivity (Wildman–Crippen MR) is 119 cm³/mol. The van der Waals surface area contributed by atoms with E-state index in [1.807, 2.05) is 32.9 Å². The number of nitrogens with one attached hydrogen (secondary N) is 1. The summed E-state index contributed by atoms with van der Waals surface area (Å²) in [6, 6.07) is 10.6. The van der Waals surface area contributed by atoms with Crippen LogP contribution < -0.4 is 5.32 Å². The third-order valence-corrected chi connectivity index (χ3v) is 5.45. The average Bonchev–Trinajstić information content (AvgIpc) is 2.64. The van der Waals surface area contributed by atoms with E-state index in [0.717, 1.165) is 23.1 Å². The molecule has 0 unspecified atom stereocenters. The maximum Gasteiger partial charge on any atom is 0.242 e. The highest BCUT2D eigenvalue weighted by molar-refractivity contribution is 6.36. The first kappa shape index (κ1) is 23.2. The minimum atomic E-state index is -0.646. The molecule has 0 radical (unpaired) electrons. The summed E-state index contributed by atoms with van der Waals surface area (Å²) in [4.78, 5) is 27.4. The summed E-state index contributed by atoms with van der Waals surface area (Å²) in [5.74, 6) is -0.339. The molecule has 0 spiro atoms. The molecule has 2 rings (SSSR count). The maximum absolute atomic E-state index is 13.2. The summed E-state index contributed by atoms with van der Waals surface area (Å²) in [5.41, 5.74) is 3.76. The van der Waals surface area contributed by atoms with Crippen molar-refractivity contribution in [1.29, 1.82) is 0 Å². The van der Waals surface area contributed by atoms with Crippen LogP contribution in [0.4, 0.5) is 0 Å². The van der Waals surface area contributed by atoms with Gasteiger partial charge in [-0.2, -0.15) is 0 Å². The highest BCUT2D eigenvalue weighted by atomic mass is 35.5. The van der Waals surface area contributed by atoms with Gasteiger partial charge in [-0.3, -0.25) is 9.59 Å². The first-order chi connectivity index (χ1) is 13.7. The molecule has 0 aromatic heterocycles. The Morgan fingerprint density at radius 2 is 1.66 bits per heavy atom. The van der Waals surface area contributed by atoms with Gasteiger partial charge in [0.25, 0.3) is 0 Å². The van der Waals surface area contributed by atoms with Gasteiger partial charge in [-0.15, -0.1) is 0 Å². The quantitative estimate of drug-likeness (QED) is 0.628. The molecule has 4 nitrogen and oxygen atoms in total. The number of aryl methyl sites for hydroxylation is 2. The van der Waals surface area contributed by atoms with Gasteiger partial charge in [-0.25, -0.2) is 0 Å². The molecule has 0 bridgehead atoms. The van der Waals surface area contributed by atoms with E-state index < -0.39 is 6.04 Å². The van der Waals surface area contributed by atoms with Crippen LogP contribution in [0.1, 0.15) is 42.5 Å². The fraction of sp³-hybridized carbons (Fsp3) is 0.391. The monoisotopic (exact) mass is 434 g/mol. The van der Waals surface area contributed by atoms with Gasteiger partial charge in [0.05, 0.1) is 6.42 Å². The fourth-order valence-electron chi connectivity index (χ4n) is 3.28. The van der Waals surface area contributed by atoms with Gasteiger partial charge >= 0.3 is 0 Å². The van der Waals surface area contributed by atoms with Gasteiger partial charge in [-0.05, 0) is 44.9 Å². The van der Waals surface area contributed by atoms with Crippen LogP contribution in [0.5, 0.6) is 0 Å². The van der Waals surface area contributed by atoms with Crippen molar-refractivity contribution in [3.63, 3.8) is 0 Å². The molecule has 2 amide bonds. The number of carbonyl (C=O) groups excluding carboxylic acids is 2. The zero-order valence-corrected chi connectivity index (χ0v) is 18.9. The molecule has 0 saturated carbocycles. The lowest BCUT2D eigenvalue weighted by Gasteiger charge is -2.29. The van der Waals surface area contributed by atoms with Gasteiger partial charge < -0.3 is 10.2 Å². The third kappa shape index (κ3) is 6.48. The molecule has 0 saturated heterocycles. The Hall–Kier alpha value is -2.04. The second kappa shape index (κ2) is 10.7. The minimum absolute atomic E-state index is 0.148. The Morgan fingerprint density at radius 1 is 1.07 bits per heavy atom. The van der Waals surface area contributed by atoms with Crippen LogP contribution in [0, 0.1) is 13.8 Å². The second-order valence-electron chi connectivity index (χ2n) is 7.36. The zero-order valence-electron chi connectivity index (χ0n) is 17.4. The van der Waals surface area contributed by atoms with Crippen LogP contribution in [-0.2, 0) is 22.6 Å². The molecule has 1 N–H and O–H groups in total. The molecule has 29 heavy (non-hydrogen) atoms. The van der Waals surface area contributed by atoms with Gasteiger partial charge in [0.2, 0.25) is 11.8 Å². The van der Waals surface area contributed by atoms with E-state index in [1.54, 1.807) is 30.0 Å². The van der Waals surface area contributed by atoms with Crippen LogP contribution in [0.2, 0.25) is 10.0 Å². The number of nitrogens with zero attached hydrogens (tertiary/aromatic N) is 1. The van der Waals surface area contributed by atoms with Crippen LogP contribution >= 0.6 is 23.2 Å². The third-order valence-electron chi connectivity index (χ3n) is 4.74. The Morgan fingerprint density at radius 3 is 2.21 bits per heavy atom. The van der Waals surface area contributed by atoms with Gasteiger partial charge in [0.1, 0.15) is 6.04 Å². The molecular formula is C23H28Cl2N2O2. The van der Waals surface area contributed by atoms with Crippen molar-refractivity contribution in [2.24, 2.45) is 0 Å². The first-order valence-electron chi connectivity index (χ1n) is 9.80. The highest BCUT2D eigenvalue weighted by Gasteiger charge is 2.27. The van der Waals surface area contributed by atoms with Gasteiger partial charge in [0.15, 0.2) is 0 Å². The number of rotatable bonds is 8. The molecule has 0 heterocycles. The molecule has 2 aromatic carbocycles. The predicted octanol–water partition coefficient (Wildman–Crippen LogP) is 5.10. The molecule has 2 aromatic rings. The van der Waals surface area contributed by atoms with Crippen molar-refractivity contribution in [1.82, 2.24) is 10.2 Å². The number of carbonyl (C=O) groups is 2. The summed E-state index contributed by atoms with van der Waals surface area (Å²) >= 11 is 12.6. The minimum Gasteiger partial charge on any atom is -0.354 e. The van der Waals surface area contributed by atoms with E-state index in [0.29, 0.717) is 22.2 Å². The Labute approximate surface area is 183 Å². The molecule has 1 atom stereocenters. The standard InChI is InChI=1S/C23H28Cl2N2O2/c1-5-9-26-23(29)17(4)27(14-19-20(24)7-6-8-21(19)25)22(28)13-18-11-15(2)10-16(3)12-18/h6-8,10-12,17H,5,9,13-14H2,1-4H3,(H,26,29)/t17-/m0/s1. The number of benzene rings is 2. The zero-order chi connectivity index (χ0) is 21.6. The first-order valence-corrected chi connectivity index (χ1v) is 10.6. The van der Waals surface area contributed by atoms with Crippen LogP contribution in [0.25, 0.3) is 0 Å².